The normalized spacial score (nSPS) is 10.1. The molecule has 0 aliphatic heterocycles. The van der Waals surface area contributed by atoms with E-state index in [4.69, 9.17) is 0 Å². The molecule has 5 heteroatoms. The zero-order valence-electron chi connectivity index (χ0n) is 14.4. The molecule has 0 aliphatic rings. The standard InChI is InChI=1S/C19H24N4O/c1-3-4-14-23(15-8-11-17-9-6-5-7-10-17)19(24)13-12-18-20-16(2)21-22-18/h5-7,9-10H,3-4,12-15H2,1-2H3,(H,20,21,22). The summed E-state index contributed by atoms with van der Waals surface area (Å²) in [5, 5.41) is 6.88. The topological polar surface area (TPSA) is 61.9 Å². The molecule has 0 radical (unpaired) electrons. The number of nitrogens with one attached hydrogen (secondary N) is 1. The van der Waals surface area contributed by atoms with Crippen LogP contribution in [0.25, 0.3) is 0 Å². The van der Waals surface area contributed by atoms with Crippen LogP contribution >= 0.6 is 0 Å². The summed E-state index contributed by atoms with van der Waals surface area (Å²) < 4.78 is 0. The molecule has 1 amide bonds. The summed E-state index contributed by atoms with van der Waals surface area (Å²) in [7, 11) is 0. The third-order valence-corrected chi connectivity index (χ3v) is 3.62. The minimum absolute atomic E-state index is 0.105. The number of aryl methyl sites for hydroxylation is 2. The maximum atomic E-state index is 12.5. The lowest BCUT2D eigenvalue weighted by atomic mass is 10.2. The predicted octanol–water partition coefficient (Wildman–Crippen LogP) is 2.73. The number of rotatable bonds is 7. The van der Waals surface area contributed by atoms with Crippen LogP contribution in [0.4, 0.5) is 0 Å². The highest BCUT2D eigenvalue weighted by Gasteiger charge is 2.13. The summed E-state index contributed by atoms with van der Waals surface area (Å²) in [6, 6.07) is 9.83. The highest BCUT2D eigenvalue weighted by atomic mass is 16.2. The van der Waals surface area contributed by atoms with Gasteiger partial charge in [0.05, 0.1) is 6.54 Å². The molecule has 1 heterocycles. The van der Waals surface area contributed by atoms with Gasteiger partial charge in [-0.15, -0.1) is 0 Å². The molecule has 0 saturated carbocycles. The minimum atomic E-state index is 0.105. The van der Waals surface area contributed by atoms with E-state index in [-0.39, 0.29) is 5.91 Å². The van der Waals surface area contributed by atoms with Crippen molar-refractivity contribution in [1.29, 1.82) is 0 Å². The molecular weight excluding hydrogens is 300 g/mol. The Hall–Kier alpha value is -2.61. The van der Waals surface area contributed by atoms with Crippen LogP contribution in [0, 0.1) is 18.8 Å². The zero-order chi connectivity index (χ0) is 17.2. The maximum absolute atomic E-state index is 12.5. The lowest BCUT2D eigenvalue weighted by molar-refractivity contribution is -0.130. The van der Waals surface area contributed by atoms with Gasteiger partial charge in [0, 0.05) is 24.9 Å². The summed E-state index contributed by atoms with van der Waals surface area (Å²) in [5.41, 5.74) is 0.969. The van der Waals surface area contributed by atoms with Gasteiger partial charge in [-0.1, -0.05) is 43.4 Å². The fourth-order valence-corrected chi connectivity index (χ4v) is 2.28. The van der Waals surface area contributed by atoms with Crippen molar-refractivity contribution in [2.45, 2.75) is 39.5 Å². The van der Waals surface area contributed by atoms with Gasteiger partial charge in [0.1, 0.15) is 5.82 Å². The van der Waals surface area contributed by atoms with E-state index in [1.165, 1.54) is 0 Å². The maximum Gasteiger partial charge on any atom is 0.223 e. The quantitative estimate of drug-likeness (QED) is 0.797. The van der Waals surface area contributed by atoms with Crippen LogP contribution in [-0.2, 0) is 11.2 Å². The van der Waals surface area contributed by atoms with Crippen molar-refractivity contribution in [3.63, 3.8) is 0 Å². The number of nitrogens with zero attached hydrogens (tertiary/aromatic N) is 3. The fourth-order valence-electron chi connectivity index (χ4n) is 2.28. The Morgan fingerprint density at radius 1 is 1.29 bits per heavy atom. The second-order valence-electron chi connectivity index (χ2n) is 5.67. The number of aromatic amines is 1. The molecular formula is C19H24N4O. The largest absolute Gasteiger partial charge is 0.332 e. The Kier molecular flexibility index (Phi) is 7.03. The highest BCUT2D eigenvalue weighted by molar-refractivity contribution is 5.76. The van der Waals surface area contributed by atoms with E-state index in [0.717, 1.165) is 30.8 Å². The van der Waals surface area contributed by atoms with Crippen LogP contribution in [0.15, 0.2) is 30.3 Å². The van der Waals surface area contributed by atoms with Crippen molar-refractivity contribution in [1.82, 2.24) is 20.1 Å². The summed E-state index contributed by atoms with van der Waals surface area (Å²) in [4.78, 5) is 18.5. The summed E-state index contributed by atoms with van der Waals surface area (Å²) in [5.74, 6) is 7.79. The zero-order valence-corrected chi connectivity index (χ0v) is 14.4. The lowest BCUT2D eigenvalue weighted by Crippen LogP contribution is -2.32. The average molecular weight is 324 g/mol. The van der Waals surface area contributed by atoms with E-state index in [1.54, 1.807) is 0 Å². The van der Waals surface area contributed by atoms with E-state index in [1.807, 2.05) is 42.2 Å². The Morgan fingerprint density at radius 2 is 2.08 bits per heavy atom. The molecule has 126 valence electrons. The first kappa shape index (κ1) is 17.7. The molecule has 0 fully saturated rings. The van der Waals surface area contributed by atoms with Gasteiger partial charge in [0.15, 0.2) is 5.82 Å². The molecule has 5 nitrogen and oxygen atoms in total. The van der Waals surface area contributed by atoms with Crippen molar-refractivity contribution in [3.05, 3.63) is 47.5 Å². The predicted molar refractivity (Wildman–Crippen MR) is 94.2 cm³/mol. The fraction of sp³-hybridized carbons (Fsp3) is 0.421. The number of carbonyl (C=O) groups excluding carboxylic acids is 1. The Balaban J connectivity index is 1.91. The molecule has 0 unspecified atom stereocenters. The number of aromatic nitrogens is 3. The van der Waals surface area contributed by atoms with Crippen molar-refractivity contribution in [3.8, 4) is 11.8 Å². The number of unbranched alkanes of at least 4 members (excludes halogenated alkanes) is 1. The van der Waals surface area contributed by atoms with E-state index in [0.29, 0.717) is 25.2 Å². The van der Waals surface area contributed by atoms with E-state index >= 15 is 0 Å². The summed E-state index contributed by atoms with van der Waals surface area (Å²) in [6.07, 6.45) is 3.00. The molecule has 1 N–H and O–H groups in total. The molecule has 0 atom stereocenters. The van der Waals surface area contributed by atoms with E-state index in [9.17, 15) is 4.79 Å². The van der Waals surface area contributed by atoms with Gasteiger partial charge in [0.25, 0.3) is 0 Å². The first-order chi connectivity index (χ1) is 11.7. The molecule has 24 heavy (non-hydrogen) atoms. The number of hydrogen-bond donors (Lipinski definition) is 1. The summed E-state index contributed by atoms with van der Waals surface area (Å²) >= 11 is 0. The molecule has 0 saturated heterocycles. The average Bonchev–Trinajstić information content (AvgIpc) is 3.02. The van der Waals surface area contributed by atoms with Gasteiger partial charge in [-0.25, -0.2) is 4.98 Å². The van der Waals surface area contributed by atoms with E-state index < -0.39 is 0 Å². The van der Waals surface area contributed by atoms with E-state index in [2.05, 4.69) is 33.9 Å². The minimum Gasteiger partial charge on any atom is -0.332 e. The second-order valence-corrected chi connectivity index (χ2v) is 5.67. The Morgan fingerprint density at radius 3 is 2.75 bits per heavy atom. The van der Waals surface area contributed by atoms with Crippen LogP contribution in [0.1, 0.15) is 43.4 Å². The summed E-state index contributed by atoms with van der Waals surface area (Å²) in [6.45, 7) is 5.17. The first-order valence-corrected chi connectivity index (χ1v) is 8.38. The number of carbonyl (C=O) groups is 1. The van der Waals surface area contributed by atoms with Gasteiger partial charge in [0.2, 0.25) is 5.91 Å². The van der Waals surface area contributed by atoms with Crippen molar-refractivity contribution in [2.24, 2.45) is 0 Å². The number of benzene rings is 1. The molecule has 1 aromatic heterocycles. The molecule has 2 aromatic rings. The number of amides is 1. The molecule has 0 bridgehead atoms. The third-order valence-electron chi connectivity index (χ3n) is 3.62. The van der Waals surface area contributed by atoms with Crippen LogP contribution in [0.5, 0.6) is 0 Å². The van der Waals surface area contributed by atoms with Crippen molar-refractivity contribution in [2.75, 3.05) is 13.1 Å². The SMILES string of the molecule is CCCCN(CC#Cc1ccccc1)C(=O)CCc1n[nH]c(C)n1. The second kappa shape index (κ2) is 9.51. The van der Waals surface area contributed by atoms with Gasteiger partial charge in [-0.05, 0) is 25.5 Å². The highest BCUT2D eigenvalue weighted by Crippen LogP contribution is 2.03. The van der Waals surface area contributed by atoms with Gasteiger partial charge in [-0.2, -0.15) is 5.10 Å². The number of hydrogen-bond acceptors (Lipinski definition) is 3. The van der Waals surface area contributed by atoms with Gasteiger partial charge < -0.3 is 4.90 Å². The third kappa shape index (κ3) is 5.88. The molecule has 0 spiro atoms. The van der Waals surface area contributed by atoms with Crippen LogP contribution in [-0.4, -0.2) is 39.1 Å². The molecule has 0 aliphatic carbocycles. The Bertz CT molecular complexity index is 697. The lowest BCUT2D eigenvalue weighted by Gasteiger charge is -2.19. The van der Waals surface area contributed by atoms with Gasteiger partial charge >= 0.3 is 0 Å². The van der Waals surface area contributed by atoms with Crippen LogP contribution in [0.2, 0.25) is 0 Å². The monoisotopic (exact) mass is 324 g/mol. The smallest absolute Gasteiger partial charge is 0.223 e. The first-order valence-electron chi connectivity index (χ1n) is 8.38. The molecule has 1 aromatic carbocycles. The van der Waals surface area contributed by atoms with Crippen molar-refractivity contribution < 1.29 is 4.79 Å². The van der Waals surface area contributed by atoms with Crippen LogP contribution < -0.4 is 0 Å². The Labute approximate surface area is 143 Å². The van der Waals surface area contributed by atoms with Crippen molar-refractivity contribution >= 4 is 5.91 Å². The molecule has 2 rings (SSSR count). The van der Waals surface area contributed by atoms with Crippen LogP contribution in [0.3, 0.4) is 0 Å². The number of H-pyrrole nitrogens is 1. The van der Waals surface area contributed by atoms with Gasteiger partial charge in [-0.3, -0.25) is 9.89 Å².